The summed E-state index contributed by atoms with van der Waals surface area (Å²) in [5, 5.41) is 0. The van der Waals surface area contributed by atoms with Crippen molar-refractivity contribution in [2.24, 2.45) is 5.41 Å². The monoisotopic (exact) mass is 182 g/mol. The second kappa shape index (κ2) is 2.37. The summed E-state index contributed by atoms with van der Waals surface area (Å²) < 4.78 is 51.1. The van der Waals surface area contributed by atoms with E-state index in [0.717, 1.165) is 0 Å². The van der Waals surface area contributed by atoms with Crippen molar-refractivity contribution in [2.45, 2.75) is 6.18 Å². The van der Waals surface area contributed by atoms with Crippen molar-refractivity contribution < 1.29 is 27.1 Å². The van der Waals surface area contributed by atoms with Crippen LogP contribution in [0, 0.1) is 5.41 Å². The van der Waals surface area contributed by atoms with Gasteiger partial charge in [-0.25, -0.2) is 0 Å². The Kier molecular flexibility index (Phi) is 1.64. The molecule has 0 aromatic heterocycles. The maximum Gasteiger partial charge on any atom is 0.639 e. The van der Waals surface area contributed by atoms with E-state index in [1.54, 1.807) is 0 Å². The first-order valence-electron chi connectivity index (χ1n) is 3.45. The van der Waals surface area contributed by atoms with Crippen LogP contribution in [0.4, 0.5) is 13.2 Å². The molecule has 2 bridgehead atoms. The Balaban J connectivity index is 2.19. The first-order chi connectivity index (χ1) is 5.54. The zero-order valence-electron chi connectivity index (χ0n) is 6.06. The lowest BCUT2D eigenvalue weighted by Gasteiger charge is -2.44. The summed E-state index contributed by atoms with van der Waals surface area (Å²) in [4.78, 5) is 0. The molecule has 3 aliphatic heterocycles. The molecule has 3 nitrogen and oxygen atoms in total. The van der Waals surface area contributed by atoms with Gasteiger partial charge in [0, 0.05) is 0 Å². The minimum absolute atomic E-state index is 0.360. The second-order valence-electron chi connectivity index (χ2n) is 3.00. The number of hydrogen-bond donors (Lipinski definition) is 0. The van der Waals surface area contributed by atoms with Gasteiger partial charge in [-0.05, 0) is 0 Å². The van der Waals surface area contributed by atoms with Crippen LogP contribution in [0.1, 0.15) is 0 Å². The molecule has 3 heterocycles. The largest absolute Gasteiger partial charge is 0.639 e. The average Bonchev–Trinajstić information content (AvgIpc) is 2.06. The van der Waals surface area contributed by atoms with Gasteiger partial charge in [0.2, 0.25) is 0 Å². The zero-order chi connectivity index (χ0) is 8.82. The van der Waals surface area contributed by atoms with E-state index in [1.807, 2.05) is 0 Å². The van der Waals surface area contributed by atoms with Crippen LogP contribution in [-0.2, 0) is 14.0 Å². The maximum atomic E-state index is 12.4. The molecule has 0 N–H and O–H groups in total. The Labute approximate surface area is 67.0 Å². The van der Waals surface area contributed by atoms with Crippen molar-refractivity contribution in [1.29, 1.82) is 0 Å². The molecule has 3 saturated heterocycles. The molecule has 3 fully saturated rings. The maximum absolute atomic E-state index is 12.4. The highest BCUT2D eigenvalue weighted by Gasteiger charge is 2.62. The summed E-state index contributed by atoms with van der Waals surface area (Å²) in [5.74, 6) is 0. The fourth-order valence-corrected chi connectivity index (χ4v) is 1.20. The van der Waals surface area contributed by atoms with E-state index >= 15 is 0 Å². The fraction of sp³-hybridized carbons (Fsp3) is 1.00. The first kappa shape index (κ1) is 8.34. The number of hydrogen-bond acceptors (Lipinski definition) is 3. The Morgan fingerprint density at radius 2 is 1.42 bits per heavy atom. The van der Waals surface area contributed by atoms with Crippen LogP contribution >= 0.6 is 0 Å². The van der Waals surface area contributed by atoms with E-state index in [1.165, 1.54) is 0 Å². The molecule has 12 heavy (non-hydrogen) atoms. The average molecular weight is 182 g/mol. The molecule has 0 aromatic rings. The van der Waals surface area contributed by atoms with Crippen molar-refractivity contribution in [3.63, 3.8) is 0 Å². The van der Waals surface area contributed by atoms with Crippen LogP contribution in [0.25, 0.3) is 0 Å². The molecular weight excluding hydrogens is 176 g/mol. The number of rotatable bonds is 0. The third kappa shape index (κ3) is 1.04. The molecule has 0 amide bonds. The van der Waals surface area contributed by atoms with Crippen molar-refractivity contribution in [2.75, 3.05) is 19.8 Å². The molecule has 0 aliphatic carbocycles. The summed E-state index contributed by atoms with van der Waals surface area (Å²) in [6, 6.07) is 0. The lowest BCUT2D eigenvalue weighted by molar-refractivity contribution is -0.287. The molecule has 3 rings (SSSR count). The highest BCUT2D eigenvalue weighted by atomic mass is 19.4. The van der Waals surface area contributed by atoms with Gasteiger partial charge < -0.3 is 14.0 Å². The van der Waals surface area contributed by atoms with E-state index in [0.29, 0.717) is 0 Å². The van der Waals surface area contributed by atoms with E-state index < -0.39 is 18.9 Å². The first-order valence-corrected chi connectivity index (χ1v) is 3.45. The Hall–Kier alpha value is -0.265. The van der Waals surface area contributed by atoms with Crippen molar-refractivity contribution in [1.82, 2.24) is 0 Å². The Morgan fingerprint density at radius 1 is 1.00 bits per heavy atom. The molecule has 7 heteroatoms. The summed E-state index contributed by atoms with van der Waals surface area (Å²) in [6.45, 7) is -1.08. The molecule has 0 radical (unpaired) electrons. The minimum atomic E-state index is -4.32. The smallest absolute Gasteiger partial charge is 0.385 e. The minimum Gasteiger partial charge on any atom is -0.385 e. The summed E-state index contributed by atoms with van der Waals surface area (Å²) in [6.07, 6.45) is -4.32. The van der Waals surface area contributed by atoms with Gasteiger partial charge >= 0.3 is 13.5 Å². The highest BCUT2D eigenvalue weighted by Crippen LogP contribution is 2.44. The van der Waals surface area contributed by atoms with E-state index in [-0.39, 0.29) is 19.8 Å². The normalized spacial score (nSPS) is 27.8. The lowest BCUT2D eigenvalue weighted by atomic mass is 9.84. The third-order valence-corrected chi connectivity index (χ3v) is 2.09. The van der Waals surface area contributed by atoms with Crippen LogP contribution in [0.5, 0.6) is 0 Å². The van der Waals surface area contributed by atoms with Gasteiger partial charge in [0.05, 0.1) is 19.8 Å². The van der Waals surface area contributed by atoms with Gasteiger partial charge in [0.25, 0.3) is 0 Å². The van der Waals surface area contributed by atoms with Crippen LogP contribution < -0.4 is 0 Å². The number of halogens is 3. The van der Waals surface area contributed by atoms with Crippen LogP contribution in [0.2, 0.25) is 0 Å². The Bertz CT molecular complexity index is 173. The molecule has 0 atom stereocenters. The lowest BCUT2D eigenvalue weighted by Crippen LogP contribution is -2.61. The predicted octanol–water partition coefficient (Wildman–Crippen LogP) is 0.597. The number of alkyl halides is 3. The van der Waals surface area contributed by atoms with Gasteiger partial charge in [0.1, 0.15) is 5.41 Å². The molecule has 0 aromatic carbocycles. The van der Waals surface area contributed by atoms with Crippen molar-refractivity contribution >= 4 is 7.32 Å². The number of fused-ring (bicyclic) bond motifs is 3. The van der Waals surface area contributed by atoms with Gasteiger partial charge in [-0.1, -0.05) is 0 Å². The quantitative estimate of drug-likeness (QED) is 0.513. The van der Waals surface area contributed by atoms with Crippen LogP contribution in [0.3, 0.4) is 0 Å². The van der Waals surface area contributed by atoms with Crippen molar-refractivity contribution in [3.05, 3.63) is 0 Å². The predicted molar refractivity (Wildman–Crippen MR) is 32.1 cm³/mol. The summed E-state index contributed by atoms with van der Waals surface area (Å²) in [7, 11) is -0.894. The SMILES string of the molecule is FC(F)(F)C12COB(OC1)OC2. The van der Waals surface area contributed by atoms with Gasteiger partial charge in [-0.3, -0.25) is 0 Å². The van der Waals surface area contributed by atoms with E-state index in [9.17, 15) is 13.2 Å². The summed E-state index contributed by atoms with van der Waals surface area (Å²) in [5.41, 5.74) is -1.94. The van der Waals surface area contributed by atoms with E-state index in [2.05, 4.69) is 14.0 Å². The fourth-order valence-electron chi connectivity index (χ4n) is 1.20. The molecule has 68 valence electrons. The zero-order valence-corrected chi connectivity index (χ0v) is 6.06. The second-order valence-corrected chi connectivity index (χ2v) is 3.00. The third-order valence-electron chi connectivity index (χ3n) is 2.09. The standard InChI is InChI=1S/C5H6BF3O3/c7-5(8,9)4-1-10-6(11-2-4)12-3-4/h1-3H2. The molecule has 3 aliphatic rings. The Morgan fingerprint density at radius 3 is 1.67 bits per heavy atom. The summed E-state index contributed by atoms with van der Waals surface area (Å²) >= 11 is 0. The van der Waals surface area contributed by atoms with E-state index in [4.69, 9.17) is 0 Å². The molecule has 0 spiro atoms. The van der Waals surface area contributed by atoms with Crippen LogP contribution in [-0.4, -0.2) is 33.3 Å². The molecule has 0 unspecified atom stereocenters. The van der Waals surface area contributed by atoms with Gasteiger partial charge in [0.15, 0.2) is 0 Å². The van der Waals surface area contributed by atoms with Crippen LogP contribution in [0.15, 0.2) is 0 Å². The highest BCUT2D eigenvalue weighted by molar-refractivity contribution is 6.36. The molecular formula is C5H6BF3O3. The van der Waals surface area contributed by atoms with Gasteiger partial charge in [-0.15, -0.1) is 0 Å². The van der Waals surface area contributed by atoms with Crippen molar-refractivity contribution in [3.8, 4) is 0 Å². The van der Waals surface area contributed by atoms with Gasteiger partial charge in [-0.2, -0.15) is 13.2 Å². The molecule has 0 saturated carbocycles. The topological polar surface area (TPSA) is 27.7 Å².